The van der Waals surface area contributed by atoms with Gasteiger partial charge in [-0.3, -0.25) is 4.90 Å². The molecular formula is C23H32N4O4. The van der Waals surface area contributed by atoms with Gasteiger partial charge in [-0.15, -0.1) is 0 Å². The molecule has 0 aliphatic carbocycles. The number of hydrogen-bond acceptors (Lipinski definition) is 8. The molecule has 0 radical (unpaired) electrons. The van der Waals surface area contributed by atoms with Gasteiger partial charge in [-0.2, -0.15) is 0 Å². The van der Waals surface area contributed by atoms with Crippen LogP contribution < -0.4 is 14.4 Å². The van der Waals surface area contributed by atoms with Crippen LogP contribution in [0.25, 0.3) is 0 Å². The molecule has 1 aromatic heterocycles. The Morgan fingerprint density at radius 2 is 1.74 bits per heavy atom. The Balaban J connectivity index is 1.60. The fourth-order valence-corrected chi connectivity index (χ4v) is 4.21. The van der Waals surface area contributed by atoms with Crippen LogP contribution >= 0.6 is 0 Å². The largest absolute Gasteiger partial charge is 0.502 e. The van der Waals surface area contributed by atoms with Crippen molar-refractivity contribution in [3.8, 4) is 17.2 Å². The van der Waals surface area contributed by atoms with Gasteiger partial charge >= 0.3 is 0 Å². The minimum atomic E-state index is 0.0298. The molecule has 2 aromatic rings. The molecule has 1 saturated heterocycles. The van der Waals surface area contributed by atoms with Crippen molar-refractivity contribution in [2.75, 3.05) is 52.0 Å². The van der Waals surface area contributed by atoms with Crippen molar-refractivity contribution in [2.45, 2.75) is 39.3 Å². The second-order valence-electron chi connectivity index (χ2n) is 8.39. The van der Waals surface area contributed by atoms with Gasteiger partial charge < -0.3 is 24.2 Å². The molecule has 168 valence electrons. The molecule has 1 aromatic carbocycles. The van der Waals surface area contributed by atoms with Crippen LogP contribution in [0.2, 0.25) is 0 Å². The number of rotatable bonds is 6. The summed E-state index contributed by atoms with van der Waals surface area (Å²) in [6.07, 6.45) is 0.909. The van der Waals surface area contributed by atoms with Gasteiger partial charge in [-0.25, -0.2) is 9.97 Å². The van der Waals surface area contributed by atoms with Gasteiger partial charge in [0, 0.05) is 44.2 Å². The lowest BCUT2D eigenvalue weighted by molar-refractivity contribution is 0.122. The van der Waals surface area contributed by atoms with E-state index in [0.29, 0.717) is 11.5 Å². The van der Waals surface area contributed by atoms with Gasteiger partial charge in [0.25, 0.3) is 0 Å². The van der Waals surface area contributed by atoms with E-state index in [9.17, 15) is 5.11 Å². The van der Waals surface area contributed by atoms with Crippen molar-refractivity contribution < 1.29 is 19.3 Å². The zero-order chi connectivity index (χ0) is 22.0. The summed E-state index contributed by atoms with van der Waals surface area (Å²) >= 11 is 0. The molecular weight excluding hydrogens is 396 g/mol. The third kappa shape index (κ3) is 4.55. The molecule has 0 atom stereocenters. The number of methoxy groups -OCH3 is 2. The summed E-state index contributed by atoms with van der Waals surface area (Å²) in [6.45, 7) is 9.91. The smallest absolute Gasteiger partial charge is 0.200 e. The number of phenols is 1. The van der Waals surface area contributed by atoms with E-state index in [-0.39, 0.29) is 11.7 Å². The Labute approximate surface area is 183 Å². The van der Waals surface area contributed by atoms with Gasteiger partial charge in [0.05, 0.1) is 33.1 Å². The topological polar surface area (TPSA) is 80.2 Å². The van der Waals surface area contributed by atoms with E-state index in [1.165, 1.54) is 5.56 Å². The summed E-state index contributed by atoms with van der Waals surface area (Å²) in [7, 11) is 3.10. The lowest BCUT2D eigenvalue weighted by atomic mass is 10.0. The van der Waals surface area contributed by atoms with Crippen molar-refractivity contribution in [2.24, 2.45) is 0 Å². The molecule has 8 heteroatoms. The van der Waals surface area contributed by atoms with Gasteiger partial charge in [-0.1, -0.05) is 13.8 Å². The molecule has 0 saturated carbocycles. The molecule has 0 spiro atoms. The molecule has 8 nitrogen and oxygen atoms in total. The molecule has 2 aliphatic rings. The highest BCUT2D eigenvalue weighted by molar-refractivity contribution is 5.53. The van der Waals surface area contributed by atoms with Crippen LogP contribution in [-0.2, 0) is 24.2 Å². The van der Waals surface area contributed by atoms with Crippen LogP contribution in [0.5, 0.6) is 17.2 Å². The number of phenolic OH excluding ortho intramolecular Hbond substituents is 1. The predicted molar refractivity (Wildman–Crippen MR) is 118 cm³/mol. The van der Waals surface area contributed by atoms with Crippen LogP contribution in [-0.4, -0.2) is 67.0 Å². The van der Waals surface area contributed by atoms with Gasteiger partial charge in [0.15, 0.2) is 11.5 Å². The van der Waals surface area contributed by atoms with Crippen LogP contribution in [0.15, 0.2) is 12.1 Å². The van der Waals surface area contributed by atoms with E-state index in [1.807, 2.05) is 12.1 Å². The summed E-state index contributed by atoms with van der Waals surface area (Å²) in [5, 5.41) is 10.2. The second-order valence-corrected chi connectivity index (χ2v) is 8.39. The Hall–Kier alpha value is -2.58. The van der Waals surface area contributed by atoms with Crippen LogP contribution in [0, 0.1) is 0 Å². The third-order valence-corrected chi connectivity index (χ3v) is 5.91. The van der Waals surface area contributed by atoms with Crippen LogP contribution in [0.4, 0.5) is 5.82 Å². The van der Waals surface area contributed by atoms with Gasteiger partial charge in [0.2, 0.25) is 5.75 Å². The first-order valence-electron chi connectivity index (χ1n) is 10.9. The molecule has 4 rings (SSSR count). The number of anilines is 1. The van der Waals surface area contributed by atoms with Gasteiger partial charge in [-0.05, 0) is 24.1 Å². The first kappa shape index (κ1) is 21.6. The van der Waals surface area contributed by atoms with E-state index in [1.54, 1.807) is 14.2 Å². The molecule has 1 fully saturated rings. The van der Waals surface area contributed by atoms with E-state index in [0.717, 1.165) is 75.3 Å². The zero-order valence-electron chi connectivity index (χ0n) is 18.8. The number of aromatic nitrogens is 2. The monoisotopic (exact) mass is 428 g/mol. The van der Waals surface area contributed by atoms with Crippen molar-refractivity contribution in [3.63, 3.8) is 0 Å². The van der Waals surface area contributed by atoms with Crippen molar-refractivity contribution in [1.29, 1.82) is 0 Å². The minimum Gasteiger partial charge on any atom is -0.502 e. The summed E-state index contributed by atoms with van der Waals surface area (Å²) < 4.78 is 16.2. The third-order valence-electron chi connectivity index (χ3n) is 5.91. The Bertz CT molecular complexity index is 903. The van der Waals surface area contributed by atoms with Crippen molar-refractivity contribution in [3.05, 3.63) is 34.8 Å². The normalized spacial score (nSPS) is 17.0. The molecule has 2 aliphatic heterocycles. The number of aromatic hydroxyl groups is 1. The summed E-state index contributed by atoms with van der Waals surface area (Å²) in [5.41, 5.74) is 3.41. The molecule has 1 N–H and O–H groups in total. The average molecular weight is 429 g/mol. The fourth-order valence-electron chi connectivity index (χ4n) is 4.21. The van der Waals surface area contributed by atoms with E-state index < -0.39 is 0 Å². The highest BCUT2D eigenvalue weighted by atomic mass is 16.5. The summed E-state index contributed by atoms with van der Waals surface area (Å²) in [4.78, 5) is 14.6. The fraction of sp³-hybridized carbons (Fsp3) is 0.565. The maximum atomic E-state index is 10.2. The molecule has 0 bridgehead atoms. The standard InChI is InChI=1S/C23H32N4O4/c1-15(2)22-24-18-14-26(13-16-11-19(29-3)21(28)20(12-16)30-4)6-5-17(18)23(25-22)27-7-9-31-10-8-27/h11-12,15,28H,5-10,13-14H2,1-4H3. The van der Waals surface area contributed by atoms with Crippen molar-refractivity contribution >= 4 is 5.82 Å². The first-order chi connectivity index (χ1) is 15.0. The lowest BCUT2D eigenvalue weighted by Gasteiger charge is -2.34. The van der Waals surface area contributed by atoms with Crippen molar-refractivity contribution in [1.82, 2.24) is 14.9 Å². The van der Waals surface area contributed by atoms with E-state index >= 15 is 0 Å². The number of fused-ring (bicyclic) bond motifs is 1. The van der Waals surface area contributed by atoms with E-state index in [4.69, 9.17) is 24.2 Å². The number of ether oxygens (including phenoxy) is 3. The number of hydrogen-bond donors (Lipinski definition) is 1. The van der Waals surface area contributed by atoms with Crippen LogP contribution in [0.3, 0.4) is 0 Å². The maximum absolute atomic E-state index is 10.2. The minimum absolute atomic E-state index is 0.0298. The SMILES string of the molecule is COc1cc(CN2CCc3c(nc(C(C)C)nc3N3CCOCC3)C2)cc(OC)c1O. The van der Waals surface area contributed by atoms with E-state index in [2.05, 4.69) is 23.6 Å². The quantitative estimate of drug-likeness (QED) is 0.752. The summed E-state index contributed by atoms with van der Waals surface area (Å²) in [6, 6.07) is 3.73. The lowest BCUT2D eigenvalue weighted by Crippen LogP contribution is -2.39. The molecule has 31 heavy (non-hydrogen) atoms. The Morgan fingerprint density at radius 1 is 1.06 bits per heavy atom. The molecule has 3 heterocycles. The maximum Gasteiger partial charge on any atom is 0.200 e. The van der Waals surface area contributed by atoms with Crippen LogP contribution in [0.1, 0.15) is 42.4 Å². The number of morpholine rings is 1. The zero-order valence-corrected chi connectivity index (χ0v) is 18.8. The predicted octanol–water partition coefficient (Wildman–Crippen LogP) is 2.72. The van der Waals surface area contributed by atoms with Gasteiger partial charge in [0.1, 0.15) is 11.6 Å². The summed E-state index contributed by atoms with van der Waals surface area (Å²) in [5.74, 6) is 3.13. The Kier molecular flexibility index (Phi) is 6.48. The molecule has 0 unspecified atom stereocenters. The average Bonchev–Trinajstić information content (AvgIpc) is 2.79. The highest BCUT2D eigenvalue weighted by Crippen LogP contribution is 2.38. The highest BCUT2D eigenvalue weighted by Gasteiger charge is 2.27. The number of benzene rings is 1. The second kappa shape index (κ2) is 9.28. The first-order valence-corrected chi connectivity index (χ1v) is 10.9. The molecule has 0 amide bonds. The number of nitrogens with zero attached hydrogens (tertiary/aromatic N) is 4. The Morgan fingerprint density at radius 3 is 2.35 bits per heavy atom.